The third kappa shape index (κ3) is 5.30. The molecule has 0 bridgehead atoms. The highest BCUT2D eigenvalue weighted by molar-refractivity contribution is 7.92. The van der Waals surface area contributed by atoms with Crippen LogP contribution in [0.2, 0.25) is 0 Å². The monoisotopic (exact) mass is 457 g/mol. The second-order valence-corrected chi connectivity index (χ2v) is 11.0. The summed E-state index contributed by atoms with van der Waals surface area (Å²) in [4.78, 5) is 26.0. The molecule has 0 atom stereocenters. The average Bonchev–Trinajstić information content (AvgIpc) is 2.73. The molecule has 0 unspecified atom stereocenters. The van der Waals surface area contributed by atoms with E-state index in [-0.39, 0.29) is 28.0 Å². The number of anilines is 1. The van der Waals surface area contributed by atoms with E-state index >= 15 is 0 Å². The lowest BCUT2D eigenvalue weighted by Crippen LogP contribution is -2.41. The van der Waals surface area contributed by atoms with Gasteiger partial charge in [-0.15, -0.1) is 0 Å². The summed E-state index contributed by atoms with van der Waals surface area (Å²) in [6.07, 6.45) is 1.12. The van der Waals surface area contributed by atoms with E-state index in [9.17, 15) is 18.0 Å². The van der Waals surface area contributed by atoms with Crippen molar-refractivity contribution in [3.8, 4) is 0 Å². The van der Waals surface area contributed by atoms with Gasteiger partial charge in [-0.2, -0.15) is 0 Å². The van der Waals surface area contributed by atoms with Gasteiger partial charge in [0, 0.05) is 30.3 Å². The number of sulfonamides is 1. The maximum Gasteiger partial charge on any atom is 0.262 e. The molecule has 0 aromatic heterocycles. The van der Waals surface area contributed by atoms with Gasteiger partial charge in [0.05, 0.1) is 4.90 Å². The lowest BCUT2D eigenvalue weighted by molar-refractivity contribution is -0.123. The third-order valence-electron chi connectivity index (χ3n) is 5.91. The Morgan fingerprint density at radius 2 is 1.62 bits per heavy atom. The average molecular weight is 458 g/mol. The number of hydrogen-bond acceptors (Lipinski definition) is 4. The van der Waals surface area contributed by atoms with Crippen LogP contribution < -0.4 is 10.5 Å². The first-order chi connectivity index (χ1) is 14.9. The molecule has 1 heterocycles. The van der Waals surface area contributed by atoms with Crippen LogP contribution in [0.1, 0.15) is 55.1 Å². The Morgan fingerprint density at radius 3 is 2.16 bits per heavy atom. The Balaban J connectivity index is 1.73. The van der Waals surface area contributed by atoms with Crippen LogP contribution in [0.15, 0.2) is 47.4 Å². The van der Waals surface area contributed by atoms with Gasteiger partial charge in [-0.3, -0.25) is 14.3 Å². The Hall–Kier alpha value is -2.87. The number of piperidine rings is 1. The zero-order valence-corrected chi connectivity index (χ0v) is 19.8. The van der Waals surface area contributed by atoms with Crippen molar-refractivity contribution >= 4 is 27.5 Å². The van der Waals surface area contributed by atoms with Crippen LogP contribution in [0.3, 0.4) is 0 Å². The number of primary amides is 1. The second kappa shape index (κ2) is 8.94. The van der Waals surface area contributed by atoms with Crippen LogP contribution in [-0.2, 0) is 20.2 Å². The Labute approximate surface area is 190 Å². The maximum absolute atomic E-state index is 13.0. The van der Waals surface area contributed by atoms with E-state index in [1.807, 2.05) is 32.9 Å². The molecule has 2 amide bonds. The number of amides is 2. The van der Waals surface area contributed by atoms with E-state index in [4.69, 9.17) is 5.73 Å². The SMILES string of the molecule is Cc1ccc(C(C)(C)C)cc1S(=O)(=O)Nc1ccc(C(=O)N2CCC(C(N)=O)CC2)cc1. The lowest BCUT2D eigenvalue weighted by atomic mass is 9.87. The van der Waals surface area contributed by atoms with Gasteiger partial charge in [0.15, 0.2) is 0 Å². The summed E-state index contributed by atoms with van der Waals surface area (Å²) in [5.74, 6) is -0.649. The number of aryl methyl sites for hydroxylation is 1. The fourth-order valence-corrected chi connectivity index (χ4v) is 5.13. The van der Waals surface area contributed by atoms with E-state index in [0.29, 0.717) is 42.7 Å². The number of hydrogen-bond donors (Lipinski definition) is 2. The first kappa shape index (κ1) is 23.8. The molecule has 1 aliphatic heterocycles. The fraction of sp³-hybridized carbons (Fsp3) is 0.417. The van der Waals surface area contributed by atoms with Crippen molar-refractivity contribution in [2.75, 3.05) is 17.8 Å². The standard InChI is InChI=1S/C24H31N3O4S/c1-16-5-8-19(24(2,3)4)15-21(16)32(30,31)26-20-9-6-18(7-10-20)23(29)27-13-11-17(12-14-27)22(25)28/h5-10,15,17,26H,11-14H2,1-4H3,(H2,25,28). The molecule has 3 N–H and O–H groups in total. The number of nitrogens with one attached hydrogen (secondary N) is 1. The summed E-state index contributed by atoms with van der Waals surface area (Å²) < 4.78 is 28.7. The van der Waals surface area contributed by atoms with Crippen LogP contribution in [0, 0.1) is 12.8 Å². The summed E-state index contributed by atoms with van der Waals surface area (Å²) in [6, 6.07) is 11.9. The van der Waals surface area contributed by atoms with Crippen LogP contribution in [0.25, 0.3) is 0 Å². The summed E-state index contributed by atoms with van der Waals surface area (Å²) in [5, 5.41) is 0. The van der Waals surface area contributed by atoms with Crippen molar-refractivity contribution in [3.63, 3.8) is 0 Å². The Bertz CT molecular complexity index is 1110. The molecule has 1 saturated heterocycles. The topological polar surface area (TPSA) is 110 Å². The number of rotatable bonds is 5. The Morgan fingerprint density at radius 1 is 1.03 bits per heavy atom. The van der Waals surface area contributed by atoms with Crippen molar-refractivity contribution in [1.82, 2.24) is 4.90 Å². The van der Waals surface area contributed by atoms with E-state index in [1.165, 1.54) is 0 Å². The van der Waals surface area contributed by atoms with Crippen molar-refractivity contribution in [3.05, 3.63) is 59.2 Å². The zero-order valence-electron chi connectivity index (χ0n) is 19.0. The van der Waals surface area contributed by atoms with E-state index in [1.54, 1.807) is 42.2 Å². The van der Waals surface area contributed by atoms with Crippen LogP contribution >= 0.6 is 0 Å². The lowest BCUT2D eigenvalue weighted by Gasteiger charge is -2.30. The predicted octanol–water partition coefficient (Wildman–Crippen LogP) is 3.43. The van der Waals surface area contributed by atoms with Crippen LogP contribution in [0.4, 0.5) is 5.69 Å². The molecule has 0 spiro atoms. The summed E-state index contributed by atoms with van der Waals surface area (Å²) >= 11 is 0. The van der Waals surface area contributed by atoms with Gasteiger partial charge in [0.2, 0.25) is 5.91 Å². The molecule has 8 heteroatoms. The maximum atomic E-state index is 13.0. The summed E-state index contributed by atoms with van der Waals surface area (Å²) in [7, 11) is -3.78. The minimum absolute atomic E-state index is 0.143. The molecule has 32 heavy (non-hydrogen) atoms. The Kier molecular flexibility index (Phi) is 6.64. The zero-order chi connectivity index (χ0) is 23.7. The smallest absolute Gasteiger partial charge is 0.262 e. The van der Waals surface area contributed by atoms with Crippen molar-refractivity contribution in [2.24, 2.45) is 11.7 Å². The highest BCUT2D eigenvalue weighted by Crippen LogP contribution is 2.28. The minimum atomic E-state index is -3.78. The first-order valence-corrected chi connectivity index (χ1v) is 12.2. The van der Waals surface area contributed by atoms with E-state index in [2.05, 4.69) is 4.72 Å². The molecular weight excluding hydrogens is 426 g/mol. The quantitative estimate of drug-likeness (QED) is 0.717. The fourth-order valence-electron chi connectivity index (χ4n) is 3.80. The molecule has 172 valence electrons. The van der Waals surface area contributed by atoms with Crippen molar-refractivity contribution < 1.29 is 18.0 Å². The molecule has 0 saturated carbocycles. The molecule has 0 aliphatic carbocycles. The van der Waals surface area contributed by atoms with Gasteiger partial charge < -0.3 is 10.6 Å². The highest BCUT2D eigenvalue weighted by atomic mass is 32.2. The highest BCUT2D eigenvalue weighted by Gasteiger charge is 2.27. The number of nitrogens with two attached hydrogens (primary N) is 1. The minimum Gasteiger partial charge on any atom is -0.369 e. The van der Waals surface area contributed by atoms with E-state index in [0.717, 1.165) is 5.56 Å². The number of carbonyl (C=O) groups excluding carboxylic acids is 2. The van der Waals surface area contributed by atoms with Crippen molar-refractivity contribution in [2.45, 2.75) is 50.8 Å². The normalized spacial score (nSPS) is 15.4. The van der Waals surface area contributed by atoms with Crippen LogP contribution in [0.5, 0.6) is 0 Å². The molecule has 2 aromatic carbocycles. The van der Waals surface area contributed by atoms with E-state index < -0.39 is 10.0 Å². The largest absolute Gasteiger partial charge is 0.369 e. The second-order valence-electron chi connectivity index (χ2n) is 9.38. The number of nitrogens with zero attached hydrogens (tertiary/aromatic N) is 1. The predicted molar refractivity (Wildman–Crippen MR) is 125 cm³/mol. The third-order valence-corrected chi connectivity index (χ3v) is 7.44. The number of carbonyl (C=O) groups is 2. The molecule has 7 nitrogen and oxygen atoms in total. The first-order valence-electron chi connectivity index (χ1n) is 10.7. The van der Waals surface area contributed by atoms with Gasteiger partial charge in [-0.1, -0.05) is 32.9 Å². The molecule has 1 aliphatic rings. The number of benzene rings is 2. The van der Waals surface area contributed by atoms with Crippen LogP contribution in [-0.4, -0.2) is 38.2 Å². The molecular formula is C24H31N3O4S. The number of likely N-dealkylation sites (tertiary alicyclic amines) is 1. The van der Waals surface area contributed by atoms with Crippen molar-refractivity contribution in [1.29, 1.82) is 0 Å². The van der Waals surface area contributed by atoms with Gasteiger partial charge in [0.25, 0.3) is 15.9 Å². The summed E-state index contributed by atoms with van der Waals surface area (Å²) in [6.45, 7) is 8.83. The van der Waals surface area contributed by atoms with Gasteiger partial charge in [-0.25, -0.2) is 8.42 Å². The van der Waals surface area contributed by atoms with Gasteiger partial charge in [0.1, 0.15) is 0 Å². The molecule has 3 rings (SSSR count). The van der Waals surface area contributed by atoms with Gasteiger partial charge >= 0.3 is 0 Å². The van der Waals surface area contributed by atoms with Gasteiger partial charge in [-0.05, 0) is 66.6 Å². The molecule has 1 fully saturated rings. The molecule has 0 radical (unpaired) electrons. The summed E-state index contributed by atoms with van der Waals surface area (Å²) in [5.41, 5.74) is 7.63. The molecule has 2 aromatic rings.